The Kier molecular flexibility index (Phi) is 6.14. The van der Waals surface area contributed by atoms with Crippen molar-refractivity contribution in [3.8, 4) is 0 Å². The van der Waals surface area contributed by atoms with Crippen molar-refractivity contribution in [1.29, 1.82) is 0 Å². The number of rotatable bonds is 6. The molecule has 0 unspecified atom stereocenters. The molecule has 4 rings (SSSR count). The zero-order valence-electron chi connectivity index (χ0n) is 18.3. The molecule has 2 aliphatic rings. The molecule has 33 heavy (non-hydrogen) atoms. The maximum atomic E-state index is 14.4. The predicted octanol–water partition coefficient (Wildman–Crippen LogP) is 2.78. The topological polar surface area (TPSA) is 96.6 Å². The molecular weight excluding hydrogens is 461 g/mol. The van der Waals surface area contributed by atoms with Crippen LogP contribution in [0.3, 0.4) is 0 Å². The number of carbonyl (C=O) groups excluding carboxylic acids is 1. The SMILES string of the molecule is CC(F)(F)c1nc(N2CCC(N3CC[C@H](Cc4ccc(S(C)(=O)=O)cc4F)C3=O)CC2)no1. The molecule has 8 nitrogen and oxygen atoms in total. The molecule has 0 radical (unpaired) electrons. The van der Waals surface area contributed by atoms with Crippen LogP contribution in [0.5, 0.6) is 0 Å². The second kappa shape index (κ2) is 8.62. The summed E-state index contributed by atoms with van der Waals surface area (Å²) < 4.78 is 68.9. The van der Waals surface area contributed by atoms with E-state index in [2.05, 4.69) is 14.7 Å². The first-order valence-electron chi connectivity index (χ1n) is 10.7. The number of alkyl halides is 2. The van der Waals surface area contributed by atoms with E-state index in [1.807, 2.05) is 4.90 Å². The number of aromatic nitrogens is 2. The zero-order chi connectivity index (χ0) is 24.0. The Labute approximate surface area is 189 Å². The minimum absolute atomic E-state index is 0.00445. The molecule has 0 spiro atoms. The summed E-state index contributed by atoms with van der Waals surface area (Å²) in [6.07, 6.45) is 3.07. The van der Waals surface area contributed by atoms with Crippen LogP contribution in [0, 0.1) is 11.7 Å². The van der Waals surface area contributed by atoms with Gasteiger partial charge in [-0.15, -0.1) is 0 Å². The Hall–Kier alpha value is -2.63. The second-order valence-corrected chi connectivity index (χ2v) is 10.8. The fourth-order valence-corrected chi connectivity index (χ4v) is 5.04. The van der Waals surface area contributed by atoms with Gasteiger partial charge in [-0.25, -0.2) is 12.8 Å². The van der Waals surface area contributed by atoms with Crippen molar-refractivity contribution < 1.29 is 30.9 Å². The summed E-state index contributed by atoms with van der Waals surface area (Å²) in [5.41, 5.74) is 0.318. The fourth-order valence-electron chi connectivity index (χ4n) is 4.40. The third-order valence-electron chi connectivity index (χ3n) is 6.25. The molecule has 180 valence electrons. The van der Waals surface area contributed by atoms with E-state index >= 15 is 0 Å². The second-order valence-electron chi connectivity index (χ2n) is 8.75. The Morgan fingerprint density at radius 3 is 2.45 bits per heavy atom. The Morgan fingerprint density at radius 2 is 1.88 bits per heavy atom. The highest BCUT2D eigenvalue weighted by Crippen LogP contribution is 2.31. The van der Waals surface area contributed by atoms with Gasteiger partial charge in [-0.05, 0) is 48.5 Å². The number of piperidine rings is 1. The molecule has 2 aromatic rings. The van der Waals surface area contributed by atoms with E-state index < -0.39 is 27.5 Å². The lowest BCUT2D eigenvalue weighted by molar-refractivity contribution is -0.133. The van der Waals surface area contributed by atoms with Crippen LogP contribution in [-0.2, 0) is 27.0 Å². The summed E-state index contributed by atoms with van der Waals surface area (Å²) in [7, 11) is -3.51. The van der Waals surface area contributed by atoms with Gasteiger partial charge < -0.3 is 14.3 Å². The van der Waals surface area contributed by atoms with Crippen molar-refractivity contribution in [3.63, 3.8) is 0 Å². The van der Waals surface area contributed by atoms with E-state index in [1.165, 1.54) is 12.1 Å². The van der Waals surface area contributed by atoms with E-state index in [4.69, 9.17) is 0 Å². The quantitative estimate of drug-likeness (QED) is 0.620. The molecule has 0 N–H and O–H groups in total. The summed E-state index contributed by atoms with van der Waals surface area (Å²) in [6.45, 7) is 2.24. The summed E-state index contributed by atoms with van der Waals surface area (Å²) in [6, 6.07) is 3.78. The number of amides is 1. The maximum Gasteiger partial charge on any atom is 0.322 e. The van der Waals surface area contributed by atoms with Gasteiger partial charge in [0.2, 0.25) is 5.91 Å². The number of sulfone groups is 1. The number of hydrogen-bond donors (Lipinski definition) is 0. The average molecular weight is 487 g/mol. The number of benzene rings is 1. The third-order valence-corrected chi connectivity index (χ3v) is 7.36. The van der Waals surface area contributed by atoms with Crippen LogP contribution in [0.4, 0.5) is 19.1 Å². The molecule has 1 aromatic heterocycles. The van der Waals surface area contributed by atoms with E-state index in [1.54, 1.807) is 4.90 Å². The Balaban J connectivity index is 1.35. The largest absolute Gasteiger partial charge is 0.339 e. The third kappa shape index (κ3) is 4.99. The zero-order valence-corrected chi connectivity index (χ0v) is 19.1. The normalized spacial score (nSPS) is 20.6. The molecule has 12 heteroatoms. The molecule has 1 atom stereocenters. The van der Waals surface area contributed by atoms with E-state index in [-0.39, 0.29) is 35.1 Å². The van der Waals surface area contributed by atoms with Crippen LogP contribution >= 0.6 is 0 Å². The van der Waals surface area contributed by atoms with E-state index in [0.29, 0.717) is 51.4 Å². The number of hydrogen-bond acceptors (Lipinski definition) is 7. The standard InChI is InChI=1S/C21H25F3N4O4S/c1-21(23,24)19-25-20(26-32-19)27-8-6-15(7-9-27)28-10-5-14(18(28)29)11-13-3-4-16(12-17(13)22)33(2,30)31/h3-4,12,14-15H,5-11H2,1-2H3/t14-/m1/s1. The minimum atomic E-state index is -3.51. The first kappa shape index (κ1) is 23.5. The van der Waals surface area contributed by atoms with Crippen molar-refractivity contribution in [1.82, 2.24) is 15.0 Å². The van der Waals surface area contributed by atoms with Crippen LogP contribution in [0.15, 0.2) is 27.6 Å². The lowest BCUT2D eigenvalue weighted by Gasteiger charge is -2.36. The molecule has 2 saturated heterocycles. The highest BCUT2D eigenvalue weighted by atomic mass is 32.2. The number of likely N-dealkylation sites (tertiary alicyclic amines) is 1. The van der Waals surface area contributed by atoms with Gasteiger partial charge >= 0.3 is 5.92 Å². The van der Waals surface area contributed by atoms with Crippen LogP contribution in [0.25, 0.3) is 0 Å². The number of halogens is 3. The first-order chi connectivity index (χ1) is 15.4. The van der Waals surface area contributed by atoms with Crippen molar-refractivity contribution in [2.24, 2.45) is 5.92 Å². The van der Waals surface area contributed by atoms with E-state index in [9.17, 15) is 26.4 Å². The van der Waals surface area contributed by atoms with Gasteiger partial charge in [0.1, 0.15) is 5.82 Å². The Morgan fingerprint density at radius 1 is 1.18 bits per heavy atom. The highest BCUT2D eigenvalue weighted by molar-refractivity contribution is 7.90. The van der Waals surface area contributed by atoms with Crippen molar-refractivity contribution in [3.05, 3.63) is 35.5 Å². The van der Waals surface area contributed by atoms with Crippen molar-refractivity contribution >= 4 is 21.7 Å². The molecule has 3 heterocycles. The van der Waals surface area contributed by atoms with Crippen molar-refractivity contribution in [2.45, 2.75) is 49.5 Å². The van der Waals surface area contributed by atoms with Gasteiger partial charge in [0.25, 0.3) is 11.8 Å². The molecule has 1 amide bonds. The smallest absolute Gasteiger partial charge is 0.322 e. The minimum Gasteiger partial charge on any atom is -0.339 e. The molecule has 0 saturated carbocycles. The molecule has 1 aromatic carbocycles. The lowest BCUT2D eigenvalue weighted by Crippen LogP contribution is -2.46. The monoisotopic (exact) mass is 486 g/mol. The van der Waals surface area contributed by atoms with Gasteiger partial charge in [-0.3, -0.25) is 4.79 Å². The molecule has 2 fully saturated rings. The van der Waals surface area contributed by atoms with Gasteiger partial charge in [-0.2, -0.15) is 13.8 Å². The predicted molar refractivity (Wildman–Crippen MR) is 112 cm³/mol. The van der Waals surface area contributed by atoms with Crippen LogP contribution in [0.1, 0.15) is 37.6 Å². The summed E-state index contributed by atoms with van der Waals surface area (Å²) in [5.74, 6) is -4.86. The van der Waals surface area contributed by atoms with Crippen molar-refractivity contribution in [2.75, 3.05) is 30.8 Å². The number of anilines is 1. The number of carbonyl (C=O) groups is 1. The average Bonchev–Trinajstić information content (AvgIpc) is 3.37. The van der Waals surface area contributed by atoms with Gasteiger partial charge in [0, 0.05) is 44.8 Å². The van der Waals surface area contributed by atoms with Crippen LogP contribution < -0.4 is 4.90 Å². The summed E-state index contributed by atoms with van der Waals surface area (Å²) in [5, 5.41) is 3.64. The maximum absolute atomic E-state index is 14.4. The summed E-state index contributed by atoms with van der Waals surface area (Å²) in [4.78, 5) is 20.2. The highest BCUT2D eigenvalue weighted by Gasteiger charge is 2.38. The van der Waals surface area contributed by atoms with Gasteiger partial charge in [0.05, 0.1) is 4.90 Å². The summed E-state index contributed by atoms with van der Waals surface area (Å²) >= 11 is 0. The van der Waals surface area contributed by atoms with Gasteiger partial charge in [0.15, 0.2) is 9.84 Å². The lowest BCUT2D eigenvalue weighted by atomic mass is 9.97. The molecule has 2 aliphatic heterocycles. The van der Waals surface area contributed by atoms with E-state index in [0.717, 1.165) is 12.3 Å². The van der Waals surface area contributed by atoms with Gasteiger partial charge in [-0.1, -0.05) is 6.07 Å². The number of nitrogens with zero attached hydrogens (tertiary/aromatic N) is 4. The van der Waals surface area contributed by atoms with Crippen LogP contribution in [0.2, 0.25) is 0 Å². The molecular formula is C21H25F3N4O4S. The Bertz CT molecular complexity index is 1140. The first-order valence-corrected chi connectivity index (χ1v) is 12.6. The molecule has 0 bridgehead atoms. The van der Waals surface area contributed by atoms with Crippen LogP contribution in [-0.4, -0.2) is 61.3 Å². The molecule has 0 aliphatic carbocycles. The fraction of sp³-hybridized carbons (Fsp3) is 0.571.